The molecule has 0 aromatic rings. The van der Waals surface area contributed by atoms with E-state index in [1.807, 2.05) is 0 Å². The highest BCUT2D eigenvalue weighted by Crippen LogP contribution is 2.12. The smallest absolute Gasteiger partial charge is 0.405 e. The number of hydrogen-bond donors (Lipinski definition) is 2. The molecule has 0 unspecified atom stereocenters. The van der Waals surface area contributed by atoms with Crippen LogP contribution in [0.2, 0.25) is 0 Å². The molecule has 2 N–H and O–H groups in total. The van der Waals surface area contributed by atoms with Crippen molar-refractivity contribution < 1.29 is 36.3 Å². The summed E-state index contributed by atoms with van der Waals surface area (Å²) in [5.74, 6) is -4.04. The van der Waals surface area contributed by atoms with Gasteiger partial charge in [-0.1, -0.05) is 0 Å². The zero-order chi connectivity index (χ0) is 14.6. The summed E-state index contributed by atoms with van der Waals surface area (Å²) < 4.78 is 58.0. The molecular formula is C7H11F3N2O5S. The number of nitrogens with zero attached hydrogens (tertiary/aromatic N) is 1. The van der Waals surface area contributed by atoms with Gasteiger partial charge in [-0.25, -0.2) is 8.42 Å². The minimum absolute atomic E-state index is 0.368. The highest BCUT2D eigenvalue weighted by Gasteiger charge is 2.29. The predicted molar refractivity (Wildman–Crippen MR) is 53.1 cm³/mol. The summed E-state index contributed by atoms with van der Waals surface area (Å²) in [5.41, 5.74) is 0. The molecule has 0 aromatic carbocycles. The number of carbonyl (C=O) groups is 2. The zero-order valence-electron chi connectivity index (χ0n) is 9.19. The molecule has 0 saturated carbocycles. The Labute approximate surface area is 101 Å². The van der Waals surface area contributed by atoms with E-state index in [0.29, 0.717) is 4.31 Å². The molecule has 11 heteroatoms. The second kappa shape index (κ2) is 6.00. The molecule has 0 atom stereocenters. The van der Waals surface area contributed by atoms with Gasteiger partial charge in [-0.2, -0.15) is 17.5 Å². The van der Waals surface area contributed by atoms with Crippen LogP contribution in [0.25, 0.3) is 0 Å². The summed E-state index contributed by atoms with van der Waals surface area (Å²) in [5, 5.41) is 9.75. The second-order valence-electron chi connectivity index (χ2n) is 3.30. The van der Waals surface area contributed by atoms with Crippen LogP contribution >= 0.6 is 0 Å². The average Bonchev–Trinajstić information content (AvgIpc) is 2.11. The first-order valence-electron chi connectivity index (χ1n) is 4.43. The van der Waals surface area contributed by atoms with E-state index in [-0.39, 0.29) is 0 Å². The second-order valence-corrected chi connectivity index (χ2v) is 5.37. The number of carboxylic acids is 1. The monoisotopic (exact) mass is 292 g/mol. The van der Waals surface area contributed by atoms with E-state index in [1.54, 1.807) is 0 Å². The van der Waals surface area contributed by atoms with Crippen LogP contribution in [-0.2, 0) is 19.6 Å². The number of hydrogen-bond acceptors (Lipinski definition) is 4. The minimum atomic E-state index is -4.60. The van der Waals surface area contributed by atoms with Crippen molar-refractivity contribution in [3.63, 3.8) is 0 Å². The lowest BCUT2D eigenvalue weighted by Gasteiger charge is -2.15. The number of aliphatic carboxylic acids is 1. The summed E-state index contributed by atoms with van der Waals surface area (Å²) in [4.78, 5) is 21.2. The van der Waals surface area contributed by atoms with Gasteiger partial charge in [-0.15, -0.1) is 0 Å². The number of nitrogens with one attached hydrogen (secondary N) is 1. The molecule has 0 bridgehead atoms. The van der Waals surface area contributed by atoms with Gasteiger partial charge < -0.3 is 10.4 Å². The van der Waals surface area contributed by atoms with Gasteiger partial charge >= 0.3 is 12.1 Å². The van der Waals surface area contributed by atoms with Gasteiger partial charge in [0.05, 0.1) is 6.54 Å². The zero-order valence-corrected chi connectivity index (χ0v) is 10.0. The number of rotatable bonds is 6. The minimum Gasteiger partial charge on any atom is -0.480 e. The van der Waals surface area contributed by atoms with Crippen molar-refractivity contribution in [1.82, 2.24) is 9.62 Å². The van der Waals surface area contributed by atoms with Crippen molar-refractivity contribution in [2.75, 3.05) is 25.9 Å². The topological polar surface area (TPSA) is 104 Å². The Bertz CT molecular complexity index is 419. The molecule has 0 aliphatic rings. The maximum absolute atomic E-state index is 11.7. The van der Waals surface area contributed by atoms with Gasteiger partial charge in [0.1, 0.15) is 6.54 Å². The third-order valence-corrected chi connectivity index (χ3v) is 3.32. The first-order valence-corrected chi connectivity index (χ1v) is 6.04. The van der Waals surface area contributed by atoms with Crippen LogP contribution in [0.1, 0.15) is 0 Å². The molecule has 0 saturated heterocycles. The van der Waals surface area contributed by atoms with Gasteiger partial charge in [0.2, 0.25) is 15.9 Å². The van der Waals surface area contributed by atoms with Crippen LogP contribution in [-0.4, -0.2) is 61.8 Å². The molecule has 106 valence electrons. The third kappa shape index (κ3) is 7.06. The SMILES string of the molecule is CN(CC(=O)NCC(F)(F)F)S(=O)(=O)CC(=O)O. The molecule has 0 radical (unpaired) electrons. The number of likely N-dealkylation sites (N-methyl/N-ethyl adjacent to an activating group) is 1. The molecule has 0 aliphatic heterocycles. The van der Waals surface area contributed by atoms with Crippen LogP contribution in [0.4, 0.5) is 13.2 Å². The summed E-state index contributed by atoms with van der Waals surface area (Å²) in [6.45, 7) is -2.47. The fourth-order valence-corrected chi connectivity index (χ4v) is 1.67. The Kier molecular flexibility index (Phi) is 5.55. The highest BCUT2D eigenvalue weighted by atomic mass is 32.2. The average molecular weight is 292 g/mol. The summed E-state index contributed by atoms with van der Waals surface area (Å²) >= 11 is 0. The van der Waals surface area contributed by atoms with E-state index in [9.17, 15) is 31.2 Å². The predicted octanol–water partition coefficient (Wildman–Crippen LogP) is -0.989. The summed E-state index contributed by atoms with van der Waals surface area (Å²) in [6, 6.07) is 0. The van der Waals surface area contributed by atoms with Crippen molar-refractivity contribution in [3.05, 3.63) is 0 Å². The Morgan fingerprint density at radius 3 is 2.22 bits per heavy atom. The highest BCUT2D eigenvalue weighted by molar-refractivity contribution is 7.89. The van der Waals surface area contributed by atoms with Gasteiger partial charge in [-0.3, -0.25) is 9.59 Å². The first kappa shape index (κ1) is 16.6. The van der Waals surface area contributed by atoms with E-state index >= 15 is 0 Å². The molecule has 0 aromatic heterocycles. The van der Waals surface area contributed by atoms with Gasteiger partial charge in [0, 0.05) is 7.05 Å². The Hall–Kier alpha value is -1.36. The summed E-state index contributed by atoms with van der Waals surface area (Å²) in [6.07, 6.45) is -4.60. The van der Waals surface area contributed by atoms with Crippen molar-refractivity contribution in [2.45, 2.75) is 6.18 Å². The number of amides is 1. The molecular weight excluding hydrogens is 281 g/mol. The normalized spacial score (nSPS) is 12.5. The number of carboxylic acid groups (broad SMARTS) is 1. The van der Waals surface area contributed by atoms with Crippen LogP contribution in [0.5, 0.6) is 0 Å². The van der Waals surface area contributed by atoms with Gasteiger partial charge in [0.15, 0.2) is 5.75 Å². The maximum Gasteiger partial charge on any atom is 0.405 e. The van der Waals surface area contributed by atoms with Gasteiger partial charge in [-0.05, 0) is 0 Å². The number of halogens is 3. The van der Waals surface area contributed by atoms with Gasteiger partial charge in [0.25, 0.3) is 0 Å². The van der Waals surface area contributed by atoms with Crippen molar-refractivity contribution >= 4 is 21.9 Å². The molecule has 1 amide bonds. The standard InChI is InChI=1S/C7H11F3N2O5S/c1-12(18(16,17)3-6(14)15)2-5(13)11-4-7(8,9)10/h2-4H2,1H3,(H,11,13)(H,14,15). The third-order valence-electron chi connectivity index (χ3n) is 1.63. The van der Waals surface area contributed by atoms with Crippen LogP contribution in [0.15, 0.2) is 0 Å². The fraction of sp³-hybridized carbons (Fsp3) is 0.714. The fourth-order valence-electron chi connectivity index (χ4n) is 0.822. The van der Waals surface area contributed by atoms with Crippen LogP contribution in [0.3, 0.4) is 0 Å². The molecule has 7 nitrogen and oxygen atoms in total. The first-order chi connectivity index (χ1) is 7.94. The number of carbonyl (C=O) groups excluding carboxylic acids is 1. The van der Waals surface area contributed by atoms with E-state index < -0.39 is 46.9 Å². The summed E-state index contributed by atoms with van der Waals surface area (Å²) in [7, 11) is -3.32. The molecule has 0 spiro atoms. The van der Waals surface area contributed by atoms with Crippen molar-refractivity contribution in [1.29, 1.82) is 0 Å². The lowest BCUT2D eigenvalue weighted by Crippen LogP contribution is -2.43. The van der Waals surface area contributed by atoms with E-state index in [1.165, 1.54) is 5.32 Å². The van der Waals surface area contributed by atoms with Crippen LogP contribution < -0.4 is 5.32 Å². The Morgan fingerprint density at radius 2 is 1.83 bits per heavy atom. The van der Waals surface area contributed by atoms with E-state index in [2.05, 4.69) is 0 Å². The lowest BCUT2D eigenvalue weighted by atomic mass is 10.5. The molecule has 18 heavy (non-hydrogen) atoms. The molecule has 0 rings (SSSR count). The molecule has 0 aliphatic carbocycles. The Balaban J connectivity index is 4.36. The van der Waals surface area contributed by atoms with Crippen molar-refractivity contribution in [3.8, 4) is 0 Å². The van der Waals surface area contributed by atoms with E-state index in [0.717, 1.165) is 7.05 Å². The van der Waals surface area contributed by atoms with E-state index in [4.69, 9.17) is 5.11 Å². The quantitative estimate of drug-likeness (QED) is 0.654. The number of sulfonamides is 1. The van der Waals surface area contributed by atoms with Crippen molar-refractivity contribution in [2.24, 2.45) is 0 Å². The Morgan fingerprint density at radius 1 is 1.33 bits per heavy atom. The number of alkyl halides is 3. The molecule has 0 fully saturated rings. The largest absolute Gasteiger partial charge is 0.480 e. The maximum atomic E-state index is 11.7. The molecule has 0 heterocycles. The lowest BCUT2D eigenvalue weighted by molar-refractivity contribution is -0.138. The van der Waals surface area contributed by atoms with Crippen LogP contribution in [0, 0.1) is 0 Å².